The number of halogens is 1. The monoisotopic (exact) mass is 257 g/mol. The molecule has 0 saturated heterocycles. The predicted octanol–water partition coefficient (Wildman–Crippen LogP) is 3.37. The fourth-order valence-electron chi connectivity index (χ4n) is 1.93. The zero-order valence-corrected chi connectivity index (χ0v) is 11.3. The topological polar surface area (TPSA) is 20.5 Å². The van der Waals surface area contributed by atoms with Gasteiger partial charge in [0, 0.05) is 24.2 Å². The van der Waals surface area contributed by atoms with Gasteiger partial charge in [-0.25, -0.2) is 4.98 Å². The number of nitrogens with zero attached hydrogens (tertiary/aromatic N) is 3. The summed E-state index contributed by atoms with van der Waals surface area (Å²) in [6.07, 6.45) is 2.03. The van der Waals surface area contributed by atoms with Crippen molar-refractivity contribution >= 4 is 33.7 Å². The van der Waals surface area contributed by atoms with Crippen LogP contribution in [0.1, 0.15) is 26.5 Å². The average molecular weight is 258 g/mol. The lowest BCUT2D eigenvalue weighted by Crippen LogP contribution is -2.31. The molecule has 2 heterocycles. The van der Waals surface area contributed by atoms with Crippen LogP contribution in [0.3, 0.4) is 0 Å². The highest BCUT2D eigenvalue weighted by atomic mass is 35.5. The second kappa shape index (κ2) is 4.63. The first-order chi connectivity index (χ1) is 7.69. The van der Waals surface area contributed by atoms with E-state index >= 15 is 0 Å². The SMILES string of the molecule is CCN(c1nc2sccn2c1CCl)C(C)C. The van der Waals surface area contributed by atoms with Crippen LogP contribution in [0, 0.1) is 0 Å². The molecule has 0 bridgehead atoms. The lowest BCUT2D eigenvalue weighted by molar-refractivity contribution is 0.692. The Morgan fingerprint density at radius 1 is 1.56 bits per heavy atom. The second-order valence-corrected chi connectivity index (χ2v) is 5.09. The van der Waals surface area contributed by atoms with E-state index in [0.717, 1.165) is 23.0 Å². The first-order valence-corrected chi connectivity index (χ1v) is 6.87. The van der Waals surface area contributed by atoms with Crippen LogP contribution in [0.5, 0.6) is 0 Å². The van der Waals surface area contributed by atoms with Gasteiger partial charge in [-0.05, 0) is 20.8 Å². The van der Waals surface area contributed by atoms with Gasteiger partial charge in [-0.15, -0.1) is 22.9 Å². The summed E-state index contributed by atoms with van der Waals surface area (Å²) < 4.78 is 2.08. The van der Waals surface area contributed by atoms with Gasteiger partial charge in [0.05, 0.1) is 11.6 Å². The predicted molar refractivity (Wildman–Crippen MR) is 70.8 cm³/mol. The van der Waals surface area contributed by atoms with Crippen LogP contribution in [0.2, 0.25) is 0 Å². The molecule has 2 rings (SSSR count). The first kappa shape index (κ1) is 11.7. The Bertz CT molecular complexity index is 474. The number of anilines is 1. The molecule has 16 heavy (non-hydrogen) atoms. The molecule has 0 aromatic carbocycles. The summed E-state index contributed by atoms with van der Waals surface area (Å²) in [7, 11) is 0. The highest BCUT2D eigenvalue weighted by Crippen LogP contribution is 2.27. The summed E-state index contributed by atoms with van der Waals surface area (Å²) in [5, 5.41) is 2.04. The molecule has 0 spiro atoms. The molecular formula is C11H16ClN3S. The zero-order valence-electron chi connectivity index (χ0n) is 9.77. The van der Waals surface area contributed by atoms with Gasteiger partial charge in [-0.2, -0.15) is 0 Å². The number of imidazole rings is 1. The van der Waals surface area contributed by atoms with E-state index in [-0.39, 0.29) is 0 Å². The molecule has 0 amide bonds. The van der Waals surface area contributed by atoms with Crippen LogP contribution in [-0.2, 0) is 5.88 Å². The van der Waals surface area contributed by atoms with Crippen molar-refractivity contribution in [3.05, 3.63) is 17.3 Å². The Hall–Kier alpha value is -0.740. The normalized spacial score (nSPS) is 11.6. The van der Waals surface area contributed by atoms with Crippen LogP contribution in [0.15, 0.2) is 11.6 Å². The van der Waals surface area contributed by atoms with Gasteiger partial charge in [-0.3, -0.25) is 4.40 Å². The van der Waals surface area contributed by atoms with Gasteiger partial charge in [0.25, 0.3) is 0 Å². The van der Waals surface area contributed by atoms with Crippen molar-refractivity contribution in [2.24, 2.45) is 0 Å². The van der Waals surface area contributed by atoms with Gasteiger partial charge in [0.15, 0.2) is 10.8 Å². The van der Waals surface area contributed by atoms with Gasteiger partial charge >= 0.3 is 0 Å². The Morgan fingerprint density at radius 2 is 2.31 bits per heavy atom. The van der Waals surface area contributed by atoms with Crippen molar-refractivity contribution in [2.75, 3.05) is 11.4 Å². The Balaban J connectivity index is 2.53. The number of fused-ring (bicyclic) bond motifs is 1. The molecule has 3 nitrogen and oxygen atoms in total. The lowest BCUT2D eigenvalue weighted by Gasteiger charge is -2.25. The summed E-state index contributed by atoms with van der Waals surface area (Å²) in [4.78, 5) is 7.95. The van der Waals surface area contributed by atoms with Crippen LogP contribution in [-0.4, -0.2) is 22.0 Å². The highest BCUT2D eigenvalue weighted by molar-refractivity contribution is 7.15. The Kier molecular flexibility index (Phi) is 3.40. The summed E-state index contributed by atoms with van der Waals surface area (Å²) in [5.41, 5.74) is 1.09. The van der Waals surface area contributed by atoms with Crippen molar-refractivity contribution < 1.29 is 0 Å². The van der Waals surface area contributed by atoms with Crippen molar-refractivity contribution in [3.63, 3.8) is 0 Å². The molecule has 0 saturated carbocycles. The van der Waals surface area contributed by atoms with Gasteiger partial charge < -0.3 is 4.90 Å². The number of rotatable bonds is 4. The van der Waals surface area contributed by atoms with Gasteiger partial charge in [-0.1, -0.05) is 0 Å². The molecule has 88 valence electrons. The number of hydrogen-bond acceptors (Lipinski definition) is 3. The third-order valence-corrected chi connectivity index (χ3v) is 3.71. The smallest absolute Gasteiger partial charge is 0.195 e. The van der Waals surface area contributed by atoms with E-state index < -0.39 is 0 Å². The van der Waals surface area contributed by atoms with Crippen LogP contribution in [0.25, 0.3) is 4.96 Å². The van der Waals surface area contributed by atoms with Crippen LogP contribution >= 0.6 is 22.9 Å². The maximum Gasteiger partial charge on any atom is 0.195 e. The van der Waals surface area contributed by atoms with Gasteiger partial charge in [0.1, 0.15) is 0 Å². The van der Waals surface area contributed by atoms with E-state index in [0.29, 0.717) is 11.9 Å². The second-order valence-electron chi connectivity index (χ2n) is 3.95. The minimum Gasteiger partial charge on any atom is -0.353 e. The van der Waals surface area contributed by atoms with Crippen molar-refractivity contribution in [1.29, 1.82) is 0 Å². The number of alkyl halides is 1. The summed E-state index contributed by atoms with van der Waals surface area (Å²) >= 11 is 7.68. The number of hydrogen-bond donors (Lipinski definition) is 0. The molecule has 0 unspecified atom stereocenters. The van der Waals surface area contributed by atoms with Crippen molar-refractivity contribution in [1.82, 2.24) is 9.38 Å². The maximum absolute atomic E-state index is 6.03. The van der Waals surface area contributed by atoms with Crippen molar-refractivity contribution in [2.45, 2.75) is 32.7 Å². The molecule has 2 aromatic rings. The van der Waals surface area contributed by atoms with Crippen LogP contribution in [0.4, 0.5) is 5.82 Å². The number of aromatic nitrogens is 2. The van der Waals surface area contributed by atoms with E-state index in [1.165, 1.54) is 0 Å². The molecule has 0 radical (unpaired) electrons. The van der Waals surface area contributed by atoms with E-state index in [9.17, 15) is 0 Å². The zero-order chi connectivity index (χ0) is 11.7. The largest absolute Gasteiger partial charge is 0.353 e. The van der Waals surface area contributed by atoms with E-state index in [4.69, 9.17) is 11.6 Å². The average Bonchev–Trinajstić information content (AvgIpc) is 2.77. The van der Waals surface area contributed by atoms with E-state index in [1.54, 1.807) is 11.3 Å². The van der Waals surface area contributed by atoms with E-state index in [2.05, 4.69) is 35.1 Å². The minimum atomic E-state index is 0.441. The first-order valence-electron chi connectivity index (χ1n) is 5.46. The van der Waals surface area contributed by atoms with Crippen molar-refractivity contribution in [3.8, 4) is 0 Å². The summed E-state index contributed by atoms with van der Waals surface area (Å²) in [6, 6.07) is 0.441. The fraction of sp³-hybridized carbons (Fsp3) is 0.545. The molecule has 0 atom stereocenters. The highest BCUT2D eigenvalue weighted by Gasteiger charge is 2.18. The number of thiazole rings is 1. The molecular weight excluding hydrogens is 242 g/mol. The van der Waals surface area contributed by atoms with E-state index in [1.807, 2.05) is 11.6 Å². The summed E-state index contributed by atoms with van der Waals surface area (Å²) in [6.45, 7) is 7.45. The molecule has 5 heteroatoms. The molecule has 0 fully saturated rings. The Labute approximate surface area is 105 Å². The summed E-state index contributed by atoms with van der Waals surface area (Å²) in [5.74, 6) is 1.52. The standard InChI is InChI=1S/C11H16ClN3S/c1-4-14(8(2)3)10-9(7-12)15-5-6-16-11(15)13-10/h5-6,8H,4,7H2,1-3H3. The minimum absolute atomic E-state index is 0.441. The molecule has 0 N–H and O–H groups in total. The Morgan fingerprint density at radius 3 is 2.88 bits per heavy atom. The van der Waals surface area contributed by atoms with Crippen LogP contribution < -0.4 is 4.90 Å². The molecule has 0 aliphatic rings. The third kappa shape index (κ3) is 1.80. The molecule has 2 aromatic heterocycles. The maximum atomic E-state index is 6.03. The fourth-order valence-corrected chi connectivity index (χ4v) is 2.91. The van der Waals surface area contributed by atoms with Gasteiger partial charge in [0.2, 0.25) is 0 Å². The molecule has 0 aliphatic carbocycles. The lowest BCUT2D eigenvalue weighted by atomic mass is 10.3. The third-order valence-electron chi connectivity index (χ3n) is 2.70. The quantitative estimate of drug-likeness (QED) is 0.783. The molecule has 0 aliphatic heterocycles.